The van der Waals surface area contributed by atoms with Crippen molar-refractivity contribution in [2.24, 2.45) is 0 Å². The van der Waals surface area contributed by atoms with Crippen LogP contribution in [0.4, 0.5) is 0 Å². The van der Waals surface area contributed by atoms with Crippen molar-refractivity contribution in [3.8, 4) is 17.6 Å². The van der Waals surface area contributed by atoms with Crippen molar-refractivity contribution in [1.29, 1.82) is 5.26 Å². The molecule has 0 aliphatic heterocycles. The van der Waals surface area contributed by atoms with Gasteiger partial charge < -0.3 is 9.84 Å². The van der Waals surface area contributed by atoms with E-state index in [4.69, 9.17) is 15.1 Å². The maximum Gasteiger partial charge on any atom is 0.335 e. The smallest absolute Gasteiger partial charge is 0.335 e. The maximum atomic E-state index is 11.0. The molecule has 4 heteroatoms. The minimum absolute atomic E-state index is 0.238. The summed E-state index contributed by atoms with van der Waals surface area (Å²) in [5, 5.41) is 18.0. The highest BCUT2D eigenvalue weighted by atomic mass is 16.5. The monoisotopic (exact) mass is 267 g/mol. The standard InChI is InChI=1S/C16H13NO3/c1-10-3-4-12(9-17)15(7-10)20-13-5-6-14(16(18)19)11(2)8-13/h3-8H,1-2H3,(H,18,19). The largest absolute Gasteiger partial charge is 0.478 e. The van der Waals surface area contributed by atoms with E-state index >= 15 is 0 Å². The molecule has 0 bridgehead atoms. The molecule has 0 unspecified atom stereocenters. The molecule has 2 rings (SSSR count). The quantitative estimate of drug-likeness (QED) is 0.921. The predicted molar refractivity (Wildman–Crippen MR) is 74.1 cm³/mol. The van der Waals surface area contributed by atoms with Crippen molar-refractivity contribution in [3.05, 3.63) is 58.7 Å². The van der Waals surface area contributed by atoms with E-state index in [1.165, 1.54) is 6.07 Å². The van der Waals surface area contributed by atoms with Gasteiger partial charge in [0.15, 0.2) is 0 Å². The second-order valence-electron chi connectivity index (χ2n) is 4.50. The molecular formula is C16H13NO3. The van der Waals surface area contributed by atoms with Gasteiger partial charge in [-0.05, 0) is 55.3 Å². The van der Waals surface area contributed by atoms with Gasteiger partial charge in [-0.1, -0.05) is 6.07 Å². The Hall–Kier alpha value is -2.80. The van der Waals surface area contributed by atoms with Crippen molar-refractivity contribution < 1.29 is 14.6 Å². The van der Waals surface area contributed by atoms with Gasteiger partial charge in [0.05, 0.1) is 11.1 Å². The second kappa shape index (κ2) is 5.45. The molecule has 0 amide bonds. The van der Waals surface area contributed by atoms with Crippen LogP contribution in [0.3, 0.4) is 0 Å². The number of aromatic carboxylic acids is 1. The van der Waals surface area contributed by atoms with Crippen LogP contribution in [0, 0.1) is 25.2 Å². The molecule has 100 valence electrons. The lowest BCUT2D eigenvalue weighted by molar-refractivity contribution is 0.0696. The van der Waals surface area contributed by atoms with Gasteiger partial charge in [-0.25, -0.2) is 4.79 Å². The van der Waals surface area contributed by atoms with Gasteiger partial charge in [0.1, 0.15) is 17.6 Å². The SMILES string of the molecule is Cc1ccc(C#N)c(Oc2ccc(C(=O)O)c(C)c2)c1. The molecule has 2 aromatic carbocycles. The van der Waals surface area contributed by atoms with E-state index in [0.29, 0.717) is 22.6 Å². The average molecular weight is 267 g/mol. The highest BCUT2D eigenvalue weighted by Crippen LogP contribution is 2.27. The first-order chi connectivity index (χ1) is 9.51. The highest BCUT2D eigenvalue weighted by molar-refractivity contribution is 5.89. The summed E-state index contributed by atoms with van der Waals surface area (Å²) in [6, 6.07) is 12.1. The van der Waals surface area contributed by atoms with E-state index in [1.54, 1.807) is 31.2 Å². The molecule has 0 aliphatic carbocycles. The molecule has 0 saturated carbocycles. The number of benzene rings is 2. The molecule has 0 radical (unpaired) electrons. The normalized spacial score (nSPS) is 9.85. The molecule has 4 nitrogen and oxygen atoms in total. The van der Waals surface area contributed by atoms with Crippen molar-refractivity contribution in [3.63, 3.8) is 0 Å². The van der Waals surface area contributed by atoms with Crippen molar-refractivity contribution in [1.82, 2.24) is 0 Å². The Bertz CT molecular complexity index is 714. The lowest BCUT2D eigenvalue weighted by Gasteiger charge is -2.10. The Labute approximate surface area is 116 Å². The maximum absolute atomic E-state index is 11.0. The Morgan fingerprint density at radius 3 is 2.55 bits per heavy atom. The molecule has 0 aromatic heterocycles. The Kier molecular flexibility index (Phi) is 3.72. The molecule has 1 N–H and O–H groups in total. The van der Waals surface area contributed by atoms with Crippen LogP contribution >= 0.6 is 0 Å². The summed E-state index contributed by atoms with van der Waals surface area (Å²) in [5.41, 5.74) is 2.27. The fourth-order valence-corrected chi connectivity index (χ4v) is 1.87. The molecule has 0 heterocycles. The summed E-state index contributed by atoms with van der Waals surface area (Å²) in [5.74, 6) is 0.00638. The Morgan fingerprint density at radius 2 is 1.95 bits per heavy atom. The molecule has 0 fully saturated rings. The number of nitriles is 1. The lowest BCUT2D eigenvalue weighted by Crippen LogP contribution is -1.99. The van der Waals surface area contributed by atoms with Crippen LogP contribution in [0.5, 0.6) is 11.5 Å². The minimum Gasteiger partial charge on any atom is -0.478 e. The highest BCUT2D eigenvalue weighted by Gasteiger charge is 2.10. The van der Waals surface area contributed by atoms with E-state index in [-0.39, 0.29) is 5.56 Å². The van der Waals surface area contributed by atoms with Gasteiger partial charge in [0.25, 0.3) is 0 Å². The summed E-state index contributed by atoms with van der Waals surface area (Å²) in [7, 11) is 0. The number of hydrogen-bond donors (Lipinski definition) is 1. The summed E-state index contributed by atoms with van der Waals surface area (Å²) >= 11 is 0. The minimum atomic E-state index is -0.970. The molecule has 0 spiro atoms. The number of aryl methyl sites for hydroxylation is 2. The Balaban J connectivity index is 2.36. The summed E-state index contributed by atoms with van der Waals surface area (Å²) in [6.45, 7) is 3.62. The zero-order chi connectivity index (χ0) is 14.7. The van der Waals surface area contributed by atoms with E-state index < -0.39 is 5.97 Å². The number of rotatable bonds is 3. The number of nitrogens with zero attached hydrogens (tertiary/aromatic N) is 1. The molecule has 0 saturated heterocycles. The van der Waals surface area contributed by atoms with Crippen LogP contribution < -0.4 is 4.74 Å². The van der Waals surface area contributed by atoms with E-state index in [2.05, 4.69) is 6.07 Å². The zero-order valence-electron chi connectivity index (χ0n) is 11.2. The third-order valence-electron chi connectivity index (χ3n) is 2.91. The topological polar surface area (TPSA) is 70.3 Å². The zero-order valence-corrected chi connectivity index (χ0v) is 11.2. The fraction of sp³-hybridized carbons (Fsp3) is 0.125. The molecular weight excluding hydrogens is 254 g/mol. The van der Waals surface area contributed by atoms with Gasteiger partial charge in [-0.2, -0.15) is 5.26 Å². The molecule has 2 aromatic rings. The van der Waals surface area contributed by atoms with Crippen LogP contribution in [0.2, 0.25) is 0 Å². The number of carbonyl (C=O) groups is 1. The third-order valence-corrected chi connectivity index (χ3v) is 2.91. The molecule has 20 heavy (non-hydrogen) atoms. The van der Waals surface area contributed by atoms with Crippen LogP contribution in [-0.2, 0) is 0 Å². The number of ether oxygens (including phenoxy) is 1. The summed E-state index contributed by atoms with van der Waals surface area (Å²) in [4.78, 5) is 11.0. The fourth-order valence-electron chi connectivity index (χ4n) is 1.87. The predicted octanol–water partition coefficient (Wildman–Crippen LogP) is 3.67. The van der Waals surface area contributed by atoms with Gasteiger partial charge in [0, 0.05) is 0 Å². The second-order valence-corrected chi connectivity index (χ2v) is 4.50. The van der Waals surface area contributed by atoms with E-state index in [1.807, 2.05) is 13.0 Å². The van der Waals surface area contributed by atoms with E-state index in [0.717, 1.165) is 5.56 Å². The van der Waals surface area contributed by atoms with Crippen LogP contribution in [-0.4, -0.2) is 11.1 Å². The van der Waals surface area contributed by atoms with Gasteiger partial charge in [0.2, 0.25) is 0 Å². The van der Waals surface area contributed by atoms with E-state index in [9.17, 15) is 4.79 Å². The summed E-state index contributed by atoms with van der Waals surface area (Å²) in [6.07, 6.45) is 0. The lowest BCUT2D eigenvalue weighted by atomic mass is 10.1. The van der Waals surface area contributed by atoms with Crippen molar-refractivity contribution in [2.45, 2.75) is 13.8 Å². The summed E-state index contributed by atoms with van der Waals surface area (Å²) < 4.78 is 5.68. The first kappa shape index (κ1) is 13.6. The van der Waals surface area contributed by atoms with Gasteiger partial charge in [-0.3, -0.25) is 0 Å². The van der Waals surface area contributed by atoms with Crippen LogP contribution in [0.15, 0.2) is 36.4 Å². The first-order valence-corrected chi connectivity index (χ1v) is 6.04. The van der Waals surface area contributed by atoms with Crippen LogP contribution in [0.25, 0.3) is 0 Å². The first-order valence-electron chi connectivity index (χ1n) is 6.04. The average Bonchev–Trinajstić information content (AvgIpc) is 2.38. The van der Waals surface area contributed by atoms with Crippen molar-refractivity contribution in [2.75, 3.05) is 0 Å². The molecule has 0 atom stereocenters. The molecule has 0 aliphatic rings. The third kappa shape index (κ3) is 2.78. The van der Waals surface area contributed by atoms with Gasteiger partial charge >= 0.3 is 5.97 Å². The number of carboxylic acids is 1. The van der Waals surface area contributed by atoms with Crippen molar-refractivity contribution >= 4 is 5.97 Å². The number of carboxylic acid groups (broad SMARTS) is 1. The van der Waals surface area contributed by atoms with Gasteiger partial charge in [-0.15, -0.1) is 0 Å². The Morgan fingerprint density at radius 1 is 1.20 bits per heavy atom. The van der Waals surface area contributed by atoms with Crippen LogP contribution in [0.1, 0.15) is 27.0 Å². The number of hydrogen-bond acceptors (Lipinski definition) is 3.